The van der Waals surface area contributed by atoms with Gasteiger partial charge < -0.3 is 20.4 Å². The molecule has 2 aromatic rings. The molecule has 0 saturated carbocycles. The van der Waals surface area contributed by atoms with E-state index in [0.29, 0.717) is 16.8 Å². The highest BCUT2D eigenvalue weighted by Crippen LogP contribution is 2.12. The molecule has 0 aliphatic carbocycles. The molecule has 0 aromatic heterocycles. The number of benzene rings is 2. The summed E-state index contributed by atoms with van der Waals surface area (Å²) in [6.07, 6.45) is -1.35. The van der Waals surface area contributed by atoms with E-state index in [1.165, 1.54) is 6.92 Å². The minimum absolute atomic E-state index is 0.0224. The Morgan fingerprint density at radius 3 is 1.97 bits per heavy atom. The lowest BCUT2D eigenvalue weighted by molar-refractivity contribution is 0.0635. The summed E-state index contributed by atoms with van der Waals surface area (Å²) >= 11 is 0. The Hall–Kier alpha value is -3.82. The lowest BCUT2D eigenvalue weighted by Gasteiger charge is -2.20. The molecule has 2 amide bonds. The van der Waals surface area contributed by atoms with E-state index in [1.807, 2.05) is 5.48 Å². The molecular weight excluding hydrogens is 434 g/mol. The lowest BCUT2D eigenvalue weighted by Crippen LogP contribution is -2.47. The molecule has 0 aliphatic rings. The van der Waals surface area contributed by atoms with Crippen LogP contribution in [0.4, 0.5) is 10.5 Å². The third-order valence-electron chi connectivity index (χ3n) is 4.36. The topological polar surface area (TPSA) is 120 Å². The van der Waals surface area contributed by atoms with Crippen molar-refractivity contribution in [2.24, 2.45) is 0 Å². The van der Waals surface area contributed by atoms with Crippen molar-refractivity contribution >= 4 is 17.7 Å². The molecule has 0 radical (unpaired) electrons. The number of anilines is 1. The molecule has 0 unspecified atom stereocenters. The Kier molecular flexibility index (Phi) is 9.66. The molecule has 0 bridgehead atoms. The summed E-state index contributed by atoms with van der Waals surface area (Å²) in [6, 6.07) is 13.0. The van der Waals surface area contributed by atoms with Crippen LogP contribution in [0.25, 0.3) is 0 Å². The van der Waals surface area contributed by atoms with Crippen LogP contribution < -0.4 is 16.1 Å². The number of rotatable bonds is 6. The van der Waals surface area contributed by atoms with Crippen LogP contribution >= 0.6 is 0 Å². The molecule has 0 saturated heterocycles. The van der Waals surface area contributed by atoms with Gasteiger partial charge in [0.05, 0.1) is 12.1 Å². The van der Waals surface area contributed by atoms with Crippen molar-refractivity contribution in [3.8, 4) is 23.7 Å². The van der Waals surface area contributed by atoms with Gasteiger partial charge in [0.15, 0.2) is 0 Å². The first-order valence-corrected chi connectivity index (χ1v) is 10.7. The van der Waals surface area contributed by atoms with Crippen molar-refractivity contribution in [1.82, 2.24) is 10.8 Å². The second-order valence-corrected chi connectivity index (χ2v) is 8.46. The highest BCUT2D eigenvalue weighted by atomic mass is 16.6. The highest BCUT2D eigenvalue weighted by Gasteiger charge is 2.18. The summed E-state index contributed by atoms with van der Waals surface area (Å²) in [5.41, 5.74) is 3.80. The van der Waals surface area contributed by atoms with E-state index < -0.39 is 23.8 Å². The van der Waals surface area contributed by atoms with E-state index in [0.717, 1.165) is 5.56 Å². The van der Waals surface area contributed by atoms with Crippen LogP contribution in [-0.4, -0.2) is 46.6 Å². The minimum atomic E-state index is -0.829. The first-order chi connectivity index (χ1) is 16.1. The Morgan fingerprint density at radius 1 is 0.971 bits per heavy atom. The molecule has 2 aromatic carbocycles. The predicted octanol–water partition coefficient (Wildman–Crippen LogP) is 2.89. The maximum absolute atomic E-state index is 12.3. The predicted molar refractivity (Wildman–Crippen MR) is 129 cm³/mol. The molecule has 0 fully saturated rings. The first-order valence-electron chi connectivity index (χ1n) is 10.7. The minimum Gasteiger partial charge on any atom is -0.444 e. The zero-order chi connectivity index (χ0) is 25.1. The molecule has 0 aliphatic heterocycles. The van der Waals surface area contributed by atoms with Crippen molar-refractivity contribution in [2.75, 3.05) is 11.9 Å². The van der Waals surface area contributed by atoms with Gasteiger partial charge in [-0.15, -0.1) is 0 Å². The van der Waals surface area contributed by atoms with E-state index >= 15 is 0 Å². The zero-order valence-electron chi connectivity index (χ0n) is 19.6. The van der Waals surface area contributed by atoms with Crippen molar-refractivity contribution in [2.45, 2.75) is 45.4 Å². The van der Waals surface area contributed by atoms with Gasteiger partial charge in [0.1, 0.15) is 5.60 Å². The molecular formula is C26H29N3O5. The first kappa shape index (κ1) is 26.4. The summed E-state index contributed by atoms with van der Waals surface area (Å²) in [4.78, 5) is 24.1. The summed E-state index contributed by atoms with van der Waals surface area (Å²) < 4.78 is 5.21. The maximum atomic E-state index is 12.3. The van der Waals surface area contributed by atoms with Gasteiger partial charge in [-0.3, -0.25) is 10.1 Å². The third-order valence-corrected chi connectivity index (χ3v) is 4.36. The number of aliphatic hydroxyl groups excluding tert-OH is 1. The third kappa shape index (κ3) is 9.35. The molecule has 178 valence electrons. The van der Waals surface area contributed by atoms with E-state index in [9.17, 15) is 14.7 Å². The zero-order valence-corrected chi connectivity index (χ0v) is 19.6. The van der Waals surface area contributed by atoms with Gasteiger partial charge in [0.2, 0.25) is 0 Å². The van der Waals surface area contributed by atoms with E-state index in [2.05, 4.69) is 34.3 Å². The Bertz CT molecular complexity index is 1100. The quantitative estimate of drug-likeness (QED) is 0.332. The van der Waals surface area contributed by atoms with E-state index in [-0.39, 0.29) is 12.5 Å². The molecule has 2 rings (SSSR count). The van der Waals surface area contributed by atoms with E-state index in [1.54, 1.807) is 69.3 Å². The van der Waals surface area contributed by atoms with Crippen molar-refractivity contribution < 1.29 is 24.6 Å². The lowest BCUT2D eigenvalue weighted by atomic mass is 10.1. The maximum Gasteiger partial charge on any atom is 0.412 e. The molecule has 5 N–H and O–H groups in total. The van der Waals surface area contributed by atoms with Crippen LogP contribution in [0.15, 0.2) is 48.5 Å². The Balaban J connectivity index is 1.94. The summed E-state index contributed by atoms with van der Waals surface area (Å²) in [5, 5.41) is 23.8. The summed E-state index contributed by atoms with van der Waals surface area (Å²) in [7, 11) is 0. The van der Waals surface area contributed by atoms with Gasteiger partial charge in [-0.1, -0.05) is 11.8 Å². The fourth-order valence-electron chi connectivity index (χ4n) is 2.66. The molecule has 0 spiro atoms. The normalized spacial score (nSPS) is 12.2. The monoisotopic (exact) mass is 463 g/mol. The molecule has 2 atom stereocenters. The number of hydroxylamine groups is 1. The van der Waals surface area contributed by atoms with Crippen LogP contribution in [0.3, 0.4) is 0 Å². The second-order valence-electron chi connectivity index (χ2n) is 8.46. The number of amides is 2. The van der Waals surface area contributed by atoms with E-state index in [4.69, 9.17) is 9.94 Å². The number of carbonyl (C=O) groups is 2. The van der Waals surface area contributed by atoms with Gasteiger partial charge in [-0.2, -0.15) is 0 Å². The van der Waals surface area contributed by atoms with Crippen molar-refractivity contribution in [3.63, 3.8) is 0 Å². The van der Waals surface area contributed by atoms with Crippen molar-refractivity contribution in [3.05, 3.63) is 65.2 Å². The Labute approximate surface area is 199 Å². The fraction of sp³-hybridized carbons (Fsp3) is 0.308. The fourth-order valence-corrected chi connectivity index (χ4v) is 2.66. The van der Waals surface area contributed by atoms with Gasteiger partial charge >= 0.3 is 6.09 Å². The SMILES string of the molecule is C[C@@H](O)[C@H](CNO)NC(=O)c1ccc(C#CC#Cc2ccc(NC(=O)OC(C)(C)C)cc2)cc1. The van der Waals surface area contributed by atoms with Gasteiger partial charge in [0.25, 0.3) is 5.91 Å². The number of nitrogens with one attached hydrogen (secondary N) is 3. The average Bonchev–Trinajstić information content (AvgIpc) is 2.76. The number of ether oxygens (including phenoxy) is 1. The number of hydrogen-bond donors (Lipinski definition) is 5. The second kappa shape index (κ2) is 12.4. The Morgan fingerprint density at radius 2 is 1.50 bits per heavy atom. The van der Waals surface area contributed by atoms with Gasteiger partial charge in [0, 0.05) is 28.9 Å². The summed E-state index contributed by atoms with van der Waals surface area (Å²) in [6.45, 7) is 6.93. The molecule has 0 heterocycles. The highest BCUT2D eigenvalue weighted by molar-refractivity contribution is 5.94. The molecule has 34 heavy (non-hydrogen) atoms. The van der Waals surface area contributed by atoms with Crippen molar-refractivity contribution in [1.29, 1.82) is 0 Å². The largest absolute Gasteiger partial charge is 0.444 e. The standard InChI is InChI=1S/C26H29N3O5/c1-18(30)23(17-27-33)29-24(31)21-13-9-19(10-14-21)7-5-6-8-20-11-15-22(16-12-20)28-25(32)34-26(2,3)4/h9-16,18,23,27,30,33H,17H2,1-4H3,(H,28,32)(H,29,31)/t18-,23+/m1/s1. The van der Waals surface area contributed by atoms with Crippen LogP contribution in [0.5, 0.6) is 0 Å². The number of carbonyl (C=O) groups excluding carboxylic acids is 2. The van der Waals surface area contributed by atoms with Crippen LogP contribution in [0.2, 0.25) is 0 Å². The van der Waals surface area contributed by atoms with Crippen LogP contribution in [0.1, 0.15) is 49.2 Å². The van der Waals surface area contributed by atoms with Gasteiger partial charge in [-0.05, 0) is 88.1 Å². The smallest absolute Gasteiger partial charge is 0.412 e. The molecule has 8 heteroatoms. The average molecular weight is 464 g/mol. The van der Waals surface area contributed by atoms with Gasteiger partial charge in [-0.25, -0.2) is 10.3 Å². The molecule has 8 nitrogen and oxygen atoms in total. The number of hydrogen-bond acceptors (Lipinski definition) is 6. The number of aliphatic hydroxyl groups is 1. The summed E-state index contributed by atoms with van der Waals surface area (Å²) in [5.74, 6) is 11.0. The van der Waals surface area contributed by atoms with Crippen LogP contribution in [0, 0.1) is 23.7 Å². The van der Waals surface area contributed by atoms with Crippen LogP contribution in [-0.2, 0) is 4.74 Å².